The third-order valence-corrected chi connectivity index (χ3v) is 3.71. The number of benzene rings is 1. The van der Waals surface area contributed by atoms with Gasteiger partial charge in [-0.1, -0.05) is 23.2 Å². The van der Waals surface area contributed by atoms with Crippen molar-refractivity contribution in [3.05, 3.63) is 28.0 Å². The number of fused-ring (bicyclic) bond motifs is 1. The summed E-state index contributed by atoms with van der Waals surface area (Å²) in [7, 11) is 0. The first-order valence-corrected chi connectivity index (χ1v) is 6.30. The summed E-state index contributed by atoms with van der Waals surface area (Å²) in [4.78, 5) is 10.9. The largest absolute Gasteiger partial charge is 0.478 e. The zero-order valence-electron chi connectivity index (χ0n) is 10.1. The number of hydrogen-bond donors (Lipinski definition) is 1. The summed E-state index contributed by atoms with van der Waals surface area (Å²) in [5.74, 6) is -0.0161. The fourth-order valence-electron chi connectivity index (χ4n) is 2.19. The van der Waals surface area contributed by atoms with Crippen LogP contribution in [0.3, 0.4) is 0 Å². The van der Waals surface area contributed by atoms with Gasteiger partial charge in [0, 0.05) is 19.1 Å². The minimum atomic E-state index is -0.885. The Kier molecular flexibility index (Phi) is 3.50. The highest BCUT2D eigenvalue weighted by Gasteiger charge is 2.23. The van der Waals surface area contributed by atoms with Crippen LogP contribution >= 0.6 is 23.2 Å². The second kappa shape index (κ2) is 4.78. The van der Waals surface area contributed by atoms with E-state index in [1.54, 1.807) is 16.7 Å². The highest BCUT2D eigenvalue weighted by molar-refractivity contribution is 6.42. The molecule has 1 aromatic heterocycles. The Morgan fingerprint density at radius 1 is 1.39 bits per heavy atom. The lowest BCUT2D eigenvalue weighted by atomic mass is 10.3. The lowest BCUT2D eigenvalue weighted by molar-refractivity contribution is -0.667. The summed E-state index contributed by atoms with van der Waals surface area (Å²) in [5.41, 5.74) is 1.68. The van der Waals surface area contributed by atoms with Crippen LogP contribution in [0.2, 0.25) is 10.0 Å². The normalized spacial score (nSPS) is 11.1. The number of aromatic nitrogens is 2. The van der Waals surface area contributed by atoms with Crippen molar-refractivity contribution >= 4 is 40.2 Å². The molecule has 1 N–H and O–H groups in total. The van der Waals surface area contributed by atoms with Gasteiger partial charge in [-0.05, 0) is 6.92 Å². The van der Waals surface area contributed by atoms with Crippen molar-refractivity contribution in [2.24, 2.45) is 0 Å². The van der Waals surface area contributed by atoms with Gasteiger partial charge in [-0.2, -0.15) is 0 Å². The Hall–Kier alpha value is -1.26. The predicted octanol–water partition coefficient (Wildman–Crippen LogP) is 2.65. The maximum absolute atomic E-state index is 10.9. The molecule has 0 atom stereocenters. The number of rotatable bonds is 3. The van der Waals surface area contributed by atoms with Gasteiger partial charge in [-0.3, -0.25) is 0 Å². The zero-order chi connectivity index (χ0) is 13.4. The molecule has 0 bridgehead atoms. The van der Waals surface area contributed by atoms with E-state index in [1.165, 1.54) is 0 Å². The maximum atomic E-state index is 10.9. The first kappa shape index (κ1) is 13.2. The SMILES string of the molecule is CCn1c(C)[n+](CC(=O)O)c2cc(Cl)c(Cl)cc21. The van der Waals surface area contributed by atoms with E-state index in [2.05, 4.69) is 0 Å². The van der Waals surface area contributed by atoms with Gasteiger partial charge in [0.2, 0.25) is 0 Å². The standard InChI is InChI=1S/C12H12Cl2N2O2/c1-3-15-7(2)16(6-12(17)18)11-5-9(14)8(13)4-10(11)15/h4-5H,3,6H2,1-2H3/p+1. The summed E-state index contributed by atoms with van der Waals surface area (Å²) in [6.45, 7) is 4.54. The molecule has 96 valence electrons. The minimum Gasteiger partial charge on any atom is -0.478 e. The number of nitrogens with zero attached hydrogens (tertiary/aromatic N) is 2. The molecule has 4 nitrogen and oxygen atoms in total. The van der Waals surface area contributed by atoms with Crippen LogP contribution in [-0.2, 0) is 17.9 Å². The van der Waals surface area contributed by atoms with Crippen LogP contribution in [0, 0.1) is 6.92 Å². The van der Waals surface area contributed by atoms with E-state index < -0.39 is 5.97 Å². The average molecular weight is 288 g/mol. The molecule has 2 rings (SSSR count). The number of hydrogen-bond acceptors (Lipinski definition) is 1. The van der Waals surface area contributed by atoms with Crippen molar-refractivity contribution in [1.82, 2.24) is 4.57 Å². The van der Waals surface area contributed by atoms with Crippen molar-refractivity contribution in [2.45, 2.75) is 26.9 Å². The highest BCUT2D eigenvalue weighted by Crippen LogP contribution is 2.27. The summed E-state index contributed by atoms with van der Waals surface area (Å²) in [5, 5.41) is 9.87. The van der Waals surface area contributed by atoms with Gasteiger partial charge in [0.25, 0.3) is 5.82 Å². The first-order chi connectivity index (χ1) is 8.45. The number of carboxylic acid groups (broad SMARTS) is 1. The maximum Gasteiger partial charge on any atom is 0.346 e. The lowest BCUT2D eigenvalue weighted by Crippen LogP contribution is -2.40. The number of halogens is 2. The Labute approximate surface area is 114 Å². The topological polar surface area (TPSA) is 46.1 Å². The van der Waals surface area contributed by atoms with E-state index in [0.29, 0.717) is 10.0 Å². The summed E-state index contributed by atoms with van der Waals surface area (Å²) < 4.78 is 3.74. The Balaban J connectivity index is 2.80. The van der Waals surface area contributed by atoms with Gasteiger partial charge in [0.1, 0.15) is 0 Å². The molecule has 0 aliphatic carbocycles. The van der Waals surface area contributed by atoms with Crippen molar-refractivity contribution in [3.8, 4) is 0 Å². The molecule has 0 unspecified atom stereocenters. The molecule has 1 aromatic carbocycles. The van der Waals surface area contributed by atoms with Crippen LogP contribution in [-0.4, -0.2) is 15.6 Å². The molecular weight excluding hydrogens is 275 g/mol. The highest BCUT2D eigenvalue weighted by atomic mass is 35.5. The van der Waals surface area contributed by atoms with Crippen molar-refractivity contribution < 1.29 is 14.5 Å². The van der Waals surface area contributed by atoms with Gasteiger partial charge in [0.05, 0.1) is 16.6 Å². The first-order valence-electron chi connectivity index (χ1n) is 5.55. The fourth-order valence-corrected chi connectivity index (χ4v) is 2.50. The smallest absolute Gasteiger partial charge is 0.346 e. The molecule has 1 heterocycles. The average Bonchev–Trinajstić information content (AvgIpc) is 2.53. The van der Waals surface area contributed by atoms with Crippen molar-refractivity contribution in [3.63, 3.8) is 0 Å². The number of aliphatic carboxylic acids is 1. The molecule has 0 aliphatic rings. The van der Waals surface area contributed by atoms with Crippen molar-refractivity contribution in [2.75, 3.05) is 0 Å². The van der Waals surface area contributed by atoms with E-state index in [0.717, 1.165) is 23.4 Å². The molecular formula is C12H13Cl2N2O2+. The van der Waals surface area contributed by atoms with Crippen LogP contribution in [0.25, 0.3) is 11.0 Å². The third kappa shape index (κ3) is 2.06. The molecule has 2 aromatic rings. The summed E-state index contributed by atoms with van der Waals surface area (Å²) >= 11 is 12.0. The Morgan fingerprint density at radius 2 is 2.00 bits per heavy atom. The van der Waals surface area contributed by atoms with Gasteiger partial charge in [-0.15, -0.1) is 0 Å². The molecule has 6 heteroatoms. The molecule has 0 fully saturated rings. The van der Waals surface area contributed by atoms with E-state index in [1.807, 2.05) is 18.4 Å². The molecule has 0 amide bonds. The molecule has 18 heavy (non-hydrogen) atoms. The number of imidazole rings is 1. The van der Waals surface area contributed by atoms with Gasteiger partial charge < -0.3 is 5.11 Å². The van der Waals surface area contributed by atoms with Crippen molar-refractivity contribution in [1.29, 1.82) is 0 Å². The van der Waals surface area contributed by atoms with Gasteiger partial charge >= 0.3 is 5.97 Å². The number of aryl methyl sites for hydroxylation is 1. The fraction of sp³-hybridized carbons (Fsp3) is 0.333. The number of carbonyl (C=O) groups is 1. The minimum absolute atomic E-state index is 0.0900. The van der Waals surface area contributed by atoms with E-state index >= 15 is 0 Å². The third-order valence-electron chi connectivity index (χ3n) is 2.99. The molecule has 0 radical (unpaired) electrons. The molecule has 0 aliphatic heterocycles. The monoisotopic (exact) mass is 287 g/mol. The molecule has 0 spiro atoms. The predicted molar refractivity (Wildman–Crippen MR) is 70.2 cm³/mol. The number of carboxylic acids is 1. The summed E-state index contributed by atoms with van der Waals surface area (Å²) in [6.07, 6.45) is 0. The lowest BCUT2D eigenvalue weighted by Gasteiger charge is -1.96. The Morgan fingerprint density at radius 3 is 2.56 bits per heavy atom. The van der Waals surface area contributed by atoms with Crippen LogP contribution in [0.1, 0.15) is 12.7 Å². The van der Waals surface area contributed by atoms with Crippen LogP contribution < -0.4 is 4.57 Å². The van der Waals surface area contributed by atoms with Gasteiger partial charge in [0.15, 0.2) is 17.6 Å². The van der Waals surface area contributed by atoms with E-state index in [4.69, 9.17) is 28.3 Å². The molecule has 0 saturated heterocycles. The summed E-state index contributed by atoms with van der Waals surface area (Å²) in [6, 6.07) is 3.48. The van der Waals surface area contributed by atoms with Crippen LogP contribution in [0.4, 0.5) is 0 Å². The zero-order valence-corrected chi connectivity index (χ0v) is 11.6. The quantitative estimate of drug-likeness (QED) is 0.883. The van der Waals surface area contributed by atoms with Gasteiger partial charge in [-0.25, -0.2) is 13.9 Å². The second-order valence-corrected chi connectivity index (χ2v) is 4.84. The van der Waals surface area contributed by atoms with E-state index in [9.17, 15) is 4.79 Å². The second-order valence-electron chi connectivity index (χ2n) is 4.03. The Bertz CT molecular complexity index is 635. The van der Waals surface area contributed by atoms with Crippen LogP contribution in [0.15, 0.2) is 12.1 Å². The van der Waals surface area contributed by atoms with Crippen LogP contribution in [0.5, 0.6) is 0 Å². The molecule has 0 saturated carbocycles. The van der Waals surface area contributed by atoms with E-state index in [-0.39, 0.29) is 6.54 Å².